The first kappa shape index (κ1) is 26.1. The number of hydrogen-bond acceptors (Lipinski definition) is 8. The molecule has 8 nitrogen and oxygen atoms in total. The number of nitrogens with one attached hydrogen (secondary N) is 1. The number of phenols is 1. The second kappa shape index (κ2) is 10.6. The van der Waals surface area contributed by atoms with E-state index in [2.05, 4.69) is 5.32 Å². The summed E-state index contributed by atoms with van der Waals surface area (Å²) in [7, 11) is 4.63. The SMILES string of the molecule is COc1cc([C@H]2C(C(=O)OC(C)C)=C(C)NC3=C2C(=O)C[C@H](c2ccc(OC)c(OC)c2)C3)ccc1O. The Morgan fingerprint density at radius 2 is 1.59 bits per heavy atom. The standard InChI is InChI=1S/C29H33NO7/c1-15(2)37-29(33)26-16(3)30-20-11-19(17-8-10-23(34-4)25(13-17)36-6)12-22(32)28(20)27(26)18-7-9-21(31)24(14-18)35-5/h7-10,13-15,19,27,30-31H,11-12H2,1-6H3/t19-,27+/m1/s1. The van der Waals surface area contributed by atoms with Crippen molar-refractivity contribution in [1.29, 1.82) is 0 Å². The minimum Gasteiger partial charge on any atom is -0.504 e. The molecule has 0 radical (unpaired) electrons. The Kier molecular flexibility index (Phi) is 7.47. The van der Waals surface area contributed by atoms with Gasteiger partial charge in [0.25, 0.3) is 0 Å². The van der Waals surface area contributed by atoms with Crippen molar-refractivity contribution < 1.29 is 33.6 Å². The summed E-state index contributed by atoms with van der Waals surface area (Å²) in [4.78, 5) is 27.0. The Hall–Kier alpha value is -3.94. The number of hydrogen-bond donors (Lipinski definition) is 2. The highest BCUT2D eigenvalue weighted by molar-refractivity contribution is 6.04. The van der Waals surface area contributed by atoms with Gasteiger partial charge in [0, 0.05) is 29.3 Å². The zero-order chi connectivity index (χ0) is 26.9. The van der Waals surface area contributed by atoms with Gasteiger partial charge in [-0.3, -0.25) is 4.79 Å². The molecule has 1 heterocycles. The highest BCUT2D eigenvalue weighted by Crippen LogP contribution is 2.47. The molecule has 0 saturated carbocycles. The van der Waals surface area contributed by atoms with Gasteiger partial charge < -0.3 is 29.4 Å². The molecule has 0 fully saturated rings. The zero-order valence-corrected chi connectivity index (χ0v) is 22.0. The number of ketones is 1. The molecule has 2 aliphatic rings. The van der Waals surface area contributed by atoms with Crippen LogP contribution < -0.4 is 19.5 Å². The maximum atomic E-state index is 13.8. The molecule has 0 spiro atoms. The number of dihydropyridines is 1. The van der Waals surface area contributed by atoms with Crippen LogP contribution in [0.25, 0.3) is 0 Å². The van der Waals surface area contributed by atoms with Gasteiger partial charge in [0.1, 0.15) is 0 Å². The molecule has 0 unspecified atom stereocenters. The number of ether oxygens (including phenoxy) is 4. The van der Waals surface area contributed by atoms with Crippen molar-refractivity contribution in [3.05, 3.63) is 70.1 Å². The van der Waals surface area contributed by atoms with Crippen LogP contribution in [0.5, 0.6) is 23.0 Å². The van der Waals surface area contributed by atoms with Crippen LogP contribution in [0, 0.1) is 0 Å². The topological polar surface area (TPSA) is 103 Å². The zero-order valence-electron chi connectivity index (χ0n) is 22.0. The largest absolute Gasteiger partial charge is 0.504 e. The van der Waals surface area contributed by atoms with Crippen molar-refractivity contribution in [2.45, 2.75) is 51.6 Å². The monoisotopic (exact) mass is 507 g/mol. The average Bonchev–Trinajstić information content (AvgIpc) is 2.87. The lowest BCUT2D eigenvalue weighted by molar-refractivity contribution is -0.143. The van der Waals surface area contributed by atoms with Crippen molar-refractivity contribution >= 4 is 11.8 Å². The number of carbonyl (C=O) groups excluding carboxylic acids is 2. The van der Waals surface area contributed by atoms with Crippen molar-refractivity contribution in [2.24, 2.45) is 0 Å². The first-order valence-corrected chi connectivity index (χ1v) is 12.2. The molecule has 0 aromatic heterocycles. The van der Waals surface area contributed by atoms with Crippen LogP contribution in [0.15, 0.2) is 58.9 Å². The van der Waals surface area contributed by atoms with Crippen LogP contribution in [0.4, 0.5) is 0 Å². The molecule has 2 aromatic carbocycles. The van der Waals surface area contributed by atoms with Crippen LogP contribution in [0.2, 0.25) is 0 Å². The smallest absolute Gasteiger partial charge is 0.337 e. The summed E-state index contributed by atoms with van der Waals surface area (Å²) >= 11 is 0. The number of aromatic hydroxyl groups is 1. The van der Waals surface area contributed by atoms with Gasteiger partial charge in [0.05, 0.1) is 33.0 Å². The van der Waals surface area contributed by atoms with E-state index in [1.165, 1.54) is 13.2 Å². The van der Waals surface area contributed by atoms with E-state index in [1.807, 2.05) is 25.1 Å². The number of allylic oxidation sites excluding steroid dienone is 3. The van der Waals surface area contributed by atoms with Gasteiger partial charge in [-0.05, 0) is 68.5 Å². The summed E-state index contributed by atoms with van der Waals surface area (Å²) in [6.07, 6.45) is 0.522. The summed E-state index contributed by atoms with van der Waals surface area (Å²) in [5.41, 5.74) is 3.93. The minimum atomic E-state index is -0.657. The van der Waals surface area contributed by atoms with Gasteiger partial charge >= 0.3 is 5.97 Å². The molecular formula is C29H33NO7. The summed E-state index contributed by atoms with van der Waals surface area (Å²) in [5, 5.41) is 13.5. The third-order valence-corrected chi connectivity index (χ3v) is 6.81. The van der Waals surface area contributed by atoms with Crippen molar-refractivity contribution in [2.75, 3.05) is 21.3 Å². The quantitative estimate of drug-likeness (QED) is 0.519. The molecule has 0 bridgehead atoms. The second-order valence-electron chi connectivity index (χ2n) is 9.52. The fraction of sp³-hybridized carbons (Fsp3) is 0.379. The molecule has 196 valence electrons. The lowest BCUT2D eigenvalue weighted by atomic mass is 9.71. The average molecular weight is 508 g/mol. The lowest BCUT2D eigenvalue weighted by Gasteiger charge is -2.37. The van der Waals surface area contributed by atoms with E-state index in [4.69, 9.17) is 18.9 Å². The van der Waals surface area contributed by atoms with Crippen LogP contribution in [-0.4, -0.2) is 44.3 Å². The number of Topliss-reactive ketones (excluding diaryl/α,β-unsaturated/α-hetero) is 1. The van der Waals surface area contributed by atoms with Crippen molar-refractivity contribution in [3.8, 4) is 23.0 Å². The van der Waals surface area contributed by atoms with Crippen molar-refractivity contribution in [1.82, 2.24) is 5.32 Å². The van der Waals surface area contributed by atoms with Crippen LogP contribution in [0.1, 0.15) is 56.6 Å². The highest BCUT2D eigenvalue weighted by atomic mass is 16.5. The Morgan fingerprint density at radius 1 is 0.946 bits per heavy atom. The summed E-state index contributed by atoms with van der Waals surface area (Å²) in [5.74, 6) is 0.182. The van der Waals surface area contributed by atoms with E-state index in [1.54, 1.807) is 40.2 Å². The Balaban J connectivity index is 1.80. The fourth-order valence-electron chi connectivity index (χ4n) is 5.14. The molecule has 0 amide bonds. The van der Waals surface area contributed by atoms with E-state index in [0.29, 0.717) is 40.3 Å². The van der Waals surface area contributed by atoms with E-state index in [9.17, 15) is 14.7 Å². The van der Waals surface area contributed by atoms with E-state index >= 15 is 0 Å². The predicted octanol–water partition coefficient (Wildman–Crippen LogP) is 4.73. The van der Waals surface area contributed by atoms with E-state index in [0.717, 1.165) is 11.3 Å². The molecule has 1 aliphatic carbocycles. The fourth-order valence-corrected chi connectivity index (χ4v) is 5.14. The summed E-state index contributed by atoms with van der Waals surface area (Å²) < 4.78 is 21.7. The first-order valence-electron chi connectivity index (χ1n) is 12.2. The number of benzene rings is 2. The van der Waals surface area contributed by atoms with Crippen LogP contribution >= 0.6 is 0 Å². The molecule has 1 aliphatic heterocycles. The van der Waals surface area contributed by atoms with Gasteiger partial charge in [-0.15, -0.1) is 0 Å². The Bertz CT molecular complexity index is 1290. The second-order valence-corrected chi connectivity index (χ2v) is 9.52. The third-order valence-electron chi connectivity index (χ3n) is 6.81. The molecule has 2 N–H and O–H groups in total. The summed E-state index contributed by atoms with van der Waals surface area (Å²) in [6, 6.07) is 10.6. The van der Waals surface area contributed by atoms with E-state index < -0.39 is 11.9 Å². The molecule has 2 aromatic rings. The van der Waals surface area contributed by atoms with Crippen LogP contribution in [-0.2, 0) is 14.3 Å². The van der Waals surface area contributed by atoms with Gasteiger partial charge in [0.15, 0.2) is 28.8 Å². The van der Waals surface area contributed by atoms with Gasteiger partial charge in [-0.1, -0.05) is 12.1 Å². The molecule has 8 heteroatoms. The number of methoxy groups -OCH3 is 3. The number of rotatable bonds is 7. The highest BCUT2D eigenvalue weighted by Gasteiger charge is 2.42. The molecule has 37 heavy (non-hydrogen) atoms. The molecule has 2 atom stereocenters. The van der Waals surface area contributed by atoms with Crippen molar-refractivity contribution in [3.63, 3.8) is 0 Å². The maximum Gasteiger partial charge on any atom is 0.337 e. The Morgan fingerprint density at radius 3 is 2.24 bits per heavy atom. The van der Waals surface area contributed by atoms with Crippen LogP contribution in [0.3, 0.4) is 0 Å². The minimum absolute atomic E-state index is 0.0233. The normalized spacial score (nSPS) is 19.4. The predicted molar refractivity (Wildman–Crippen MR) is 138 cm³/mol. The van der Waals surface area contributed by atoms with Gasteiger partial charge in [-0.25, -0.2) is 4.79 Å². The Labute approximate surface area is 216 Å². The lowest BCUT2D eigenvalue weighted by Crippen LogP contribution is -2.36. The van der Waals surface area contributed by atoms with Gasteiger partial charge in [-0.2, -0.15) is 0 Å². The molecule has 0 saturated heterocycles. The number of phenolic OH excluding ortho intramolecular Hbond substituents is 1. The summed E-state index contributed by atoms with van der Waals surface area (Å²) in [6.45, 7) is 5.38. The third kappa shape index (κ3) is 5.01. The number of esters is 1. The van der Waals surface area contributed by atoms with E-state index in [-0.39, 0.29) is 35.7 Å². The maximum absolute atomic E-state index is 13.8. The number of carbonyl (C=O) groups is 2. The molecular weight excluding hydrogens is 474 g/mol. The van der Waals surface area contributed by atoms with Gasteiger partial charge in [0.2, 0.25) is 0 Å². The first-order chi connectivity index (χ1) is 17.7. The molecule has 4 rings (SSSR count).